The molecule has 0 amide bonds. The SMILES string of the molecule is CC(C)Oc1ccc2c(c1)C(c1ccnc(N3CCC(c4ccncc4)C3)c1)=NC2. The second-order valence-corrected chi connectivity index (χ2v) is 8.27. The summed E-state index contributed by atoms with van der Waals surface area (Å²) in [5, 5.41) is 0. The lowest BCUT2D eigenvalue weighted by molar-refractivity contribution is 0.242. The van der Waals surface area contributed by atoms with E-state index in [0.29, 0.717) is 5.92 Å². The van der Waals surface area contributed by atoms with E-state index >= 15 is 0 Å². The minimum absolute atomic E-state index is 0.154. The van der Waals surface area contributed by atoms with Gasteiger partial charge in [-0.05, 0) is 67.8 Å². The lowest BCUT2D eigenvalue weighted by Gasteiger charge is -2.18. The fourth-order valence-corrected chi connectivity index (χ4v) is 4.37. The summed E-state index contributed by atoms with van der Waals surface area (Å²) in [6.07, 6.45) is 6.95. The van der Waals surface area contributed by atoms with Crippen molar-refractivity contribution in [2.75, 3.05) is 18.0 Å². The van der Waals surface area contributed by atoms with Gasteiger partial charge in [-0.3, -0.25) is 9.98 Å². The highest BCUT2D eigenvalue weighted by Gasteiger charge is 2.26. The standard InChI is InChI=1S/C25H26N4O/c1-17(2)30-22-4-3-20-15-28-25(23(20)14-22)19-7-11-27-24(13-19)29-12-8-21(16-29)18-5-9-26-10-6-18/h3-7,9-11,13-14,17,21H,8,12,15-16H2,1-2H3. The molecule has 2 aromatic heterocycles. The molecule has 0 aliphatic carbocycles. The molecule has 5 nitrogen and oxygen atoms in total. The van der Waals surface area contributed by atoms with E-state index in [0.717, 1.165) is 48.9 Å². The van der Waals surface area contributed by atoms with Crippen molar-refractivity contribution in [1.82, 2.24) is 9.97 Å². The summed E-state index contributed by atoms with van der Waals surface area (Å²) >= 11 is 0. The first-order chi connectivity index (χ1) is 14.7. The van der Waals surface area contributed by atoms with Gasteiger partial charge in [0, 0.05) is 48.7 Å². The van der Waals surface area contributed by atoms with Crippen molar-refractivity contribution in [3.05, 3.63) is 83.3 Å². The first-order valence-electron chi connectivity index (χ1n) is 10.6. The Bertz CT molecular complexity index is 1080. The number of aliphatic imine (C=N–C) groups is 1. The average molecular weight is 399 g/mol. The van der Waals surface area contributed by atoms with Gasteiger partial charge in [-0.25, -0.2) is 4.98 Å². The molecular formula is C25H26N4O. The van der Waals surface area contributed by atoms with Crippen molar-refractivity contribution < 1.29 is 4.74 Å². The van der Waals surface area contributed by atoms with Crippen LogP contribution >= 0.6 is 0 Å². The summed E-state index contributed by atoms with van der Waals surface area (Å²) in [5.41, 5.74) is 5.93. The van der Waals surface area contributed by atoms with Gasteiger partial charge in [-0.2, -0.15) is 0 Å². The van der Waals surface area contributed by atoms with E-state index in [4.69, 9.17) is 9.73 Å². The predicted molar refractivity (Wildman–Crippen MR) is 120 cm³/mol. The molecule has 1 atom stereocenters. The second kappa shape index (κ2) is 7.90. The molecule has 1 saturated heterocycles. The van der Waals surface area contributed by atoms with Crippen LogP contribution in [0.2, 0.25) is 0 Å². The van der Waals surface area contributed by atoms with Crippen LogP contribution in [0.5, 0.6) is 5.75 Å². The number of fused-ring (bicyclic) bond motifs is 1. The van der Waals surface area contributed by atoms with Gasteiger partial charge in [0.25, 0.3) is 0 Å². The maximum Gasteiger partial charge on any atom is 0.129 e. The van der Waals surface area contributed by atoms with Crippen LogP contribution in [0.1, 0.15) is 48.4 Å². The minimum Gasteiger partial charge on any atom is -0.491 e. The first-order valence-corrected chi connectivity index (χ1v) is 10.6. The Kier molecular flexibility index (Phi) is 4.95. The molecule has 30 heavy (non-hydrogen) atoms. The van der Waals surface area contributed by atoms with E-state index in [1.807, 2.05) is 38.5 Å². The molecule has 0 saturated carbocycles. The van der Waals surface area contributed by atoms with Crippen LogP contribution in [0.4, 0.5) is 5.82 Å². The smallest absolute Gasteiger partial charge is 0.129 e. The Labute approximate surface area is 177 Å². The number of pyridine rings is 2. The topological polar surface area (TPSA) is 50.6 Å². The van der Waals surface area contributed by atoms with E-state index in [9.17, 15) is 0 Å². The van der Waals surface area contributed by atoms with Crippen LogP contribution in [-0.2, 0) is 6.54 Å². The zero-order chi connectivity index (χ0) is 20.5. The third-order valence-electron chi connectivity index (χ3n) is 5.82. The molecule has 2 aliphatic rings. The van der Waals surface area contributed by atoms with Gasteiger partial charge in [0.2, 0.25) is 0 Å². The Morgan fingerprint density at radius 3 is 2.73 bits per heavy atom. The number of hydrogen-bond donors (Lipinski definition) is 0. The molecule has 5 heteroatoms. The molecule has 5 rings (SSSR count). The van der Waals surface area contributed by atoms with Crippen LogP contribution in [0.25, 0.3) is 0 Å². The third-order valence-corrected chi connectivity index (χ3v) is 5.82. The molecular weight excluding hydrogens is 372 g/mol. The van der Waals surface area contributed by atoms with Crippen molar-refractivity contribution >= 4 is 11.5 Å². The number of hydrogen-bond acceptors (Lipinski definition) is 5. The molecule has 2 aliphatic heterocycles. The zero-order valence-electron chi connectivity index (χ0n) is 17.5. The highest BCUT2D eigenvalue weighted by atomic mass is 16.5. The fraction of sp³-hybridized carbons (Fsp3) is 0.320. The molecule has 0 spiro atoms. The highest BCUT2D eigenvalue weighted by Crippen LogP contribution is 2.32. The summed E-state index contributed by atoms with van der Waals surface area (Å²) in [6.45, 7) is 6.81. The highest BCUT2D eigenvalue weighted by molar-refractivity contribution is 6.15. The quantitative estimate of drug-likeness (QED) is 0.630. The molecule has 0 bridgehead atoms. The first kappa shape index (κ1) is 18.8. The van der Waals surface area contributed by atoms with E-state index in [2.05, 4.69) is 51.3 Å². The fourth-order valence-electron chi connectivity index (χ4n) is 4.37. The van der Waals surface area contributed by atoms with Crippen molar-refractivity contribution in [1.29, 1.82) is 0 Å². The number of nitrogens with zero attached hydrogens (tertiary/aromatic N) is 4. The van der Waals surface area contributed by atoms with Gasteiger partial charge in [-0.15, -0.1) is 0 Å². The monoisotopic (exact) mass is 398 g/mol. The van der Waals surface area contributed by atoms with Crippen LogP contribution in [-0.4, -0.2) is 34.9 Å². The average Bonchev–Trinajstić information content (AvgIpc) is 3.41. The Hall–Kier alpha value is -3.21. The number of ether oxygens (including phenoxy) is 1. The van der Waals surface area contributed by atoms with Gasteiger partial charge >= 0.3 is 0 Å². The van der Waals surface area contributed by atoms with Crippen molar-refractivity contribution in [3.8, 4) is 5.75 Å². The van der Waals surface area contributed by atoms with E-state index in [-0.39, 0.29) is 6.10 Å². The van der Waals surface area contributed by atoms with Gasteiger partial charge in [-0.1, -0.05) is 6.07 Å². The predicted octanol–water partition coefficient (Wildman–Crippen LogP) is 4.61. The van der Waals surface area contributed by atoms with Crippen molar-refractivity contribution in [3.63, 3.8) is 0 Å². The van der Waals surface area contributed by atoms with Gasteiger partial charge < -0.3 is 9.64 Å². The molecule has 152 valence electrons. The summed E-state index contributed by atoms with van der Waals surface area (Å²) in [7, 11) is 0. The Morgan fingerprint density at radius 2 is 1.90 bits per heavy atom. The van der Waals surface area contributed by atoms with Gasteiger partial charge in [0.1, 0.15) is 11.6 Å². The minimum atomic E-state index is 0.154. The van der Waals surface area contributed by atoms with Crippen LogP contribution < -0.4 is 9.64 Å². The van der Waals surface area contributed by atoms with Crippen molar-refractivity contribution in [2.45, 2.75) is 38.8 Å². The van der Waals surface area contributed by atoms with Crippen LogP contribution in [0.3, 0.4) is 0 Å². The number of anilines is 1. The van der Waals surface area contributed by atoms with Gasteiger partial charge in [0.15, 0.2) is 0 Å². The summed E-state index contributed by atoms with van der Waals surface area (Å²) in [4.78, 5) is 16.0. The summed E-state index contributed by atoms with van der Waals surface area (Å²) < 4.78 is 5.90. The second-order valence-electron chi connectivity index (χ2n) is 8.27. The van der Waals surface area contributed by atoms with E-state index in [1.165, 1.54) is 16.7 Å². The largest absolute Gasteiger partial charge is 0.491 e. The van der Waals surface area contributed by atoms with Crippen LogP contribution in [0.15, 0.2) is 66.0 Å². The summed E-state index contributed by atoms with van der Waals surface area (Å²) in [6, 6.07) is 14.8. The number of aromatic nitrogens is 2. The number of benzene rings is 1. The zero-order valence-corrected chi connectivity index (χ0v) is 17.5. The van der Waals surface area contributed by atoms with Crippen molar-refractivity contribution in [2.24, 2.45) is 4.99 Å². The molecule has 0 N–H and O–H groups in total. The maximum atomic E-state index is 5.90. The van der Waals surface area contributed by atoms with E-state index in [1.54, 1.807) is 0 Å². The Morgan fingerprint density at radius 1 is 1.03 bits per heavy atom. The molecule has 1 aromatic carbocycles. The summed E-state index contributed by atoms with van der Waals surface area (Å²) in [5.74, 6) is 2.45. The van der Waals surface area contributed by atoms with Gasteiger partial charge in [0.05, 0.1) is 18.4 Å². The lowest BCUT2D eigenvalue weighted by atomic mass is 10.00. The molecule has 1 fully saturated rings. The maximum absolute atomic E-state index is 5.90. The third kappa shape index (κ3) is 3.67. The number of rotatable bonds is 5. The Balaban J connectivity index is 1.38. The molecule has 3 aromatic rings. The molecule has 1 unspecified atom stereocenters. The van der Waals surface area contributed by atoms with E-state index < -0.39 is 0 Å². The molecule has 4 heterocycles. The molecule has 0 radical (unpaired) electrons. The van der Waals surface area contributed by atoms with Crippen LogP contribution in [0, 0.1) is 0 Å². The lowest BCUT2D eigenvalue weighted by Crippen LogP contribution is -2.20. The normalized spacial score (nSPS) is 17.9.